The van der Waals surface area contributed by atoms with Gasteiger partial charge in [-0.2, -0.15) is 0 Å². The lowest BCUT2D eigenvalue weighted by atomic mass is 10.0. The maximum Gasteiger partial charge on any atom is 0.306 e. The molecule has 77 heavy (non-hydrogen) atoms. The van der Waals surface area contributed by atoms with Crippen molar-refractivity contribution in [3.05, 3.63) is 48.6 Å². The van der Waals surface area contributed by atoms with Gasteiger partial charge in [-0.15, -0.1) is 0 Å². The molecular formula is C71H130O6. The van der Waals surface area contributed by atoms with Gasteiger partial charge in [0.05, 0.1) is 0 Å². The highest BCUT2D eigenvalue weighted by molar-refractivity contribution is 5.71. The predicted molar refractivity (Wildman–Crippen MR) is 335 cm³/mol. The predicted octanol–water partition coefficient (Wildman–Crippen LogP) is 23.3. The monoisotopic (exact) mass is 1080 g/mol. The van der Waals surface area contributed by atoms with E-state index in [4.69, 9.17) is 14.2 Å². The van der Waals surface area contributed by atoms with E-state index in [1.165, 1.54) is 263 Å². The molecule has 0 aromatic rings. The SMILES string of the molecule is CCCCC/C=C\C/C=C\CCCCCCCCCCCC(=O)OC(COC(=O)CCCCCCCCC/C=C\CCCCCCCC)COC(=O)CCCCCCCCCCCCC/C=C\CCCCCCCCCC. The van der Waals surface area contributed by atoms with Gasteiger partial charge < -0.3 is 14.2 Å². The molecule has 0 heterocycles. The quantitative estimate of drug-likeness (QED) is 0.0261. The molecule has 1 atom stereocenters. The van der Waals surface area contributed by atoms with Crippen molar-refractivity contribution >= 4 is 17.9 Å². The molecule has 0 aliphatic rings. The second-order valence-electron chi connectivity index (χ2n) is 23.1. The third kappa shape index (κ3) is 64.1. The van der Waals surface area contributed by atoms with Crippen LogP contribution >= 0.6 is 0 Å². The first-order valence-corrected chi connectivity index (χ1v) is 34.1. The molecule has 6 nitrogen and oxygen atoms in total. The molecule has 0 spiro atoms. The van der Waals surface area contributed by atoms with Crippen LogP contribution in [0.5, 0.6) is 0 Å². The Hall–Kier alpha value is -2.63. The minimum Gasteiger partial charge on any atom is -0.462 e. The van der Waals surface area contributed by atoms with Gasteiger partial charge in [0.1, 0.15) is 13.2 Å². The van der Waals surface area contributed by atoms with Gasteiger partial charge in [0, 0.05) is 19.3 Å². The lowest BCUT2D eigenvalue weighted by Gasteiger charge is -2.18. The molecule has 6 heteroatoms. The van der Waals surface area contributed by atoms with Crippen LogP contribution in [-0.4, -0.2) is 37.2 Å². The molecular weight excluding hydrogens is 949 g/mol. The summed E-state index contributed by atoms with van der Waals surface area (Å²) in [6, 6.07) is 0. The first-order valence-electron chi connectivity index (χ1n) is 34.1. The van der Waals surface area contributed by atoms with Gasteiger partial charge in [-0.3, -0.25) is 14.4 Å². The number of unbranched alkanes of at least 4 members (excludes halogenated alkanes) is 44. The van der Waals surface area contributed by atoms with Crippen LogP contribution in [0.1, 0.15) is 367 Å². The van der Waals surface area contributed by atoms with Crippen molar-refractivity contribution < 1.29 is 28.6 Å². The molecule has 1 unspecified atom stereocenters. The maximum atomic E-state index is 12.9. The minimum atomic E-state index is -0.778. The van der Waals surface area contributed by atoms with Crippen molar-refractivity contribution in [3.63, 3.8) is 0 Å². The molecule has 0 aliphatic carbocycles. The first-order chi connectivity index (χ1) is 38.0. The van der Waals surface area contributed by atoms with Gasteiger partial charge in [-0.05, 0) is 103 Å². The van der Waals surface area contributed by atoms with Gasteiger partial charge in [0.15, 0.2) is 6.10 Å². The zero-order valence-corrected chi connectivity index (χ0v) is 51.7. The third-order valence-electron chi connectivity index (χ3n) is 15.3. The third-order valence-corrected chi connectivity index (χ3v) is 15.3. The maximum absolute atomic E-state index is 12.9. The molecule has 0 fully saturated rings. The number of hydrogen-bond donors (Lipinski definition) is 0. The molecule has 0 aliphatic heterocycles. The van der Waals surface area contributed by atoms with E-state index in [9.17, 15) is 14.4 Å². The van der Waals surface area contributed by atoms with E-state index in [1.807, 2.05) is 0 Å². The van der Waals surface area contributed by atoms with Crippen LogP contribution in [0.2, 0.25) is 0 Å². The Morgan fingerprint density at radius 2 is 0.468 bits per heavy atom. The van der Waals surface area contributed by atoms with Crippen LogP contribution in [0.3, 0.4) is 0 Å². The first kappa shape index (κ1) is 74.4. The largest absolute Gasteiger partial charge is 0.462 e. The van der Waals surface area contributed by atoms with Crippen LogP contribution in [0.4, 0.5) is 0 Å². The van der Waals surface area contributed by atoms with Gasteiger partial charge in [-0.25, -0.2) is 0 Å². The summed E-state index contributed by atoms with van der Waals surface area (Å²) in [6.45, 7) is 6.66. The number of carbonyl (C=O) groups is 3. The fraction of sp³-hybridized carbons (Fsp3) is 0.845. The molecule has 0 bridgehead atoms. The Kier molecular flexibility index (Phi) is 63.6. The van der Waals surface area contributed by atoms with Crippen molar-refractivity contribution in [2.75, 3.05) is 13.2 Å². The highest BCUT2D eigenvalue weighted by Gasteiger charge is 2.19. The summed E-state index contributed by atoms with van der Waals surface area (Å²) in [5.74, 6) is -0.860. The van der Waals surface area contributed by atoms with Crippen molar-refractivity contribution in [1.29, 1.82) is 0 Å². The van der Waals surface area contributed by atoms with E-state index in [0.29, 0.717) is 19.3 Å². The van der Waals surface area contributed by atoms with Crippen LogP contribution in [0, 0.1) is 0 Å². The normalized spacial score (nSPS) is 12.3. The highest BCUT2D eigenvalue weighted by Crippen LogP contribution is 2.17. The molecule has 0 radical (unpaired) electrons. The molecule has 0 rings (SSSR count). The Morgan fingerprint density at radius 1 is 0.260 bits per heavy atom. The van der Waals surface area contributed by atoms with Gasteiger partial charge in [0.25, 0.3) is 0 Å². The summed E-state index contributed by atoms with van der Waals surface area (Å²) in [6.07, 6.45) is 82.6. The average Bonchev–Trinajstić information content (AvgIpc) is 3.43. The number of esters is 3. The van der Waals surface area contributed by atoms with E-state index < -0.39 is 6.10 Å². The Balaban J connectivity index is 4.33. The second-order valence-corrected chi connectivity index (χ2v) is 23.1. The van der Waals surface area contributed by atoms with Gasteiger partial charge >= 0.3 is 17.9 Å². The molecule has 0 aromatic heterocycles. The lowest BCUT2D eigenvalue weighted by molar-refractivity contribution is -0.167. The minimum absolute atomic E-state index is 0.0738. The van der Waals surface area contributed by atoms with Crippen molar-refractivity contribution in [1.82, 2.24) is 0 Å². The van der Waals surface area contributed by atoms with E-state index >= 15 is 0 Å². The fourth-order valence-corrected chi connectivity index (χ4v) is 10.1. The second kappa shape index (κ2) is 65.9. The number of carbonyl (C=O) groups excluding carboxylic acids is 3. The topological polar surface area (TPSA) is 78.9 Å². The summed E-state index contributed by atoms with van der Waals surface area (Å²) in [4.78, 5) is 38.4. The summed E-state index contributed by atoms with van der Waals surface area (Å²) in [7, 11) is 0. The smallest absolute Gasteiger partial charge is 0.306 e. The number of rotatable bonds is 63. The summed E-state index contributed by atoms with van der Waals surface area (Å²) < 4.78 is 17.0. The zero-order valence-electron chi connectivity index (χ0n) is 51.7. The van der Waals surface area contributed by atoms with Crippen molar-refractivity contribution in [3.8, 4) is 0 Å². The lowest BCUT2D eigenvalue weighted by Crippen LogP contribution is -2.30. The standard InChI is InChI=1S/C71H130O6/c1-4-7-10-13-16-19-22-25-28-31-33-34-35-36-38-40-43-46-49-52-55-58-61-64-70(73)76-67-68(66-75-69(72)63-60-57-54-51-48-45-42-39-30-27-24-21-18-15-12-9-6-3)77-71(74)65-62-59-56-53-50-47-44-41-37-32-29-26-23-20-17-14-11-8-5-2/h17,20,26-27,29-31,33,68H,4-16,18-19,21-25,28,32,34-67H2,1-3H3/b20-17-,29-26-,30-27-,33-31-. The molecule has 0 saturated heterocycles. The molecule has 0 amide bonds. The van der Waals surface area contributed by atoms with Crippen molar-refractivity contribution in [2.45, 2.75) is 374 Å². The van der Waals surface area contributed by atoms with E-state index in [-0.39, 0.29) is 31.1 Å². The fourth-order valence-electron chi connectivity index (χ4n) is 10.1. The number of hydrogen-bond acceptors (Lipinski definition) is 6. The van der Waals surface area contributed by atoms with Crippen LogP contribution in [-0.2, 0) is 28.6 Å². The molecule has 0 aromatic carbocycles. The molecule has 0 N–H and O–H groups in total. The van der Waals surface area contributed by atoms with Crippen molar-refractivity contribution in [2.24, 2.45) is 0 Å². The number of allylic oxidation sites excluding steroid dienone is 8. The zero-order chi connectivity index (χ0) is 55.7. The highest BCUT2D eigenvalue weighted by atomic mass is 16.6. The molecule has 0 saturated carbocycles. The summed E-state index contributed by atoms with van der Waals surface area (Å²) in [5, 5.41) is 0. The van der Waals surface area contributed by atoms with Gasteiger partial charge in [0.2, 0.25) is 0 Å². The van der Waals surface area contributed by atoms with Crippen LogP contribution in [0.15, 0.2) is 48.6 Å². The number of ether oxygens (including phenoxy) is 3. The Labute approximate surface area is 479 Å². The van der Waals surface area contributed by atoms with E-state index in [2.05, 4.69) is 69.4 Å². The van der Waals surface area contributed by atoms with Crippen LogP contribution in [0.25, 0.3) is 0 Å². The van der Waals surface area contributed by atoms with Crippen LogP contribution < -0.4 is 0 Å². The van der Waals surface area contributed by atoms with E-state index in [1.54, 1.807) is 0 Å². The average molecular weight is 1080 g/mol. The summed E-state index contributed by atoms with van der Waals surface area (Å²) >= 11 is 0. The Morgan fingerprint density at radius 3 is 0.753 bits per heavy atom. The Bertz CT molecular complexity index is 1330. The summed E-state index contributed by atoms with van der Waals surface area (Å²) in [5.41, 5.74) is 0. The van der Waals surface area contributed by atoms with E-state index in [0.717, 1.165) is 64.2 Å². The van der Waals surface area contributed by atoms with Gasteiger partial charge in [-0.1, -0.05) is 294 Å². The molecule has 450 valence electrons.